The number of benzene rings is 1. The molecule has 1 aromatic rings. The predicted octanol–water partition coefficient (Wildman–Crippen LogP) is 3.67. The van der Waals surface area contributed by atoms with Gasteiger partial charge in [-0.2, -0.15) is 0 Å². The molecule has 0 aromatic heterocycles. The van der Waals surface area contributed by atoms with Crippen LogP contribution in [0.25, 0.3) is 0 Å². The highest BCUT2D eigenvalue weighted by molar-refractivity contribution is 6.12. The van der Waals surface area contributed by atoms with E-state index in [-0.39, 0.29) is 24.1 Å². The minimum Gasteiger partial charge on any atom is -0.298 e. The van der Waals surface area contributed by atoms with Gasteiger partial charge in [0.1, 0.15) is 0 Å². The molecule has 0 radical (unpaired) electrons. The fourth-order valence-electron chi connectivity index (χ4n) is 2.91. The zero-order chi connectivity index (χ0) is 19.8. The van der Waals surface area contributed by atoms with Gasteiger partial charge in [0.15, 0.2) is 5.78 Å². The number of Topliss-reactive ketones (excluding diaryl/α,β-unsaturated/α-hetero) is 1. The Hall–Kier alpha value is -2.56. The summed E-state index contributed by atoms with van der Waals surface area (Å²) in [5, 5.41) is 0. The SMILES string of the molecule is CC(=NCC(=O)CCCCCN1C(=O)C=CC1=O)c1ccc(C(C)C)cc1. The largest absolute Gasteiger partial charge is 0.298 e. The molecule has 0 spiro atoms. The van der Waals surface area contributed by atoms with Gasteiger partial charge in [-0.05, 0) is 36.8 Å². The minimum absolute atomic E-state index is 0.114. The van der Waals surface area contributed by atoms with Gasteiger partial charge in [-0.3, -0.25) is 24.3 Å². The van der Waals surface area contributed by atoms with Gasteiger partial charge in [0.05, 0.1) is 6.54 Å². The number of hydrogen-bond acceptors (Lipinski definition) is 4. The molecule has 5 heteroatoms. The van der Waals surface area contributed by atoms with E-state index >= 15 is 0 Å². The standard InChI is InChI=1S/C22H28N2O3/c1-16(2)18-8-10-19(11-9-18)17(3)23-15-20(25)7-5-4-6-14-24-21(26)12-13-22(24)27/h8-13,16H,4-7,14-15H2,1-3H3. The number of imide groups is 1. The highest BCUT2D eigenvalue weighted by Gasteiger charge is 2.22. The topological polar surface area (TPSA) is 66.8 Å². The molecule has 0 saturated heterocycles. The zero-order valence-electron chi connectivity index (χ0n) is 16.4. The molecular weight excluding hydrogens is 340 g/mol. The van der Waals surface area contributed by atoms with Crippen molar-refractivity contribution in [1.82, 2.24) is 4.90 Å². The molecular formula is C22H28N2O3. The van der Waals surface area contributed by atoms with Crippen molar-refractivity contribution in [3.63, 3.8) is 0 Å². The third-order valence-corrected chi connectivity index (χ3v) is 4.73. The predicted molar refractivity (Wildman–Crippen MR) is 107 cm³/mol. The van der Waals surface area contributed by atoms with Gasteiger partial charge in [0.2, 0.25) is 0 Å². The average Bonchev–Trinajstić information content (AvgIpc) is 2.97. The molecule has 0 fully saturated rings. The van der Waals surface area contributed by atoms with Crippen molar-refractivity contribution in [2.75, 3.05) is 13.1 Å². The molecule has 27 heavy (non-hydrogen) atoms. The molecule has 0 unspecified atom stereocenters. The van der Waals surface area contributed by atoms with Crippen LogP contribution in [0.15, 0.2) is 41.4 Å². The van der Waals surface area contributed by atoms with E-state index in [2.05, 4.69) is 43.1 Å². The molecule has 1 aromatic carbocycles. The summed E-state index contributed by atoms with van der Waals surface area (Å²) in [6, 6.07) is 8.31. The highest BCUT2D eigenvalue weighted by Crippen LogP contribution is 2.15. The van der Waals surface area contributed by atoms with Crippen LogP contribution in [0.1, 0.15) is 63.5 Å². The maximum absolute atomic E-state index is 12.0. The van der Waals surface area contributed by atoms with Crippen molar-refractivity contribution in [3.05, 3.63) is 47.5 Å². The highest BCUT2D eigenvalue weighted by atomic mass is 16.2. The number of aliphatic imine (C=N–C) groups is 1. The second kappa shape index (κ2) is 9.95. The number of carbonyl (C=O) groups is 3. The first-order valence-electron chi connectivity index (χ1n) is 9.55. The van der Waals surface area contributed by atoms with Crippen molar-refractivity contribution in [2.24, 2.45) is 4.99 Å². The monoisotopic (exact) mass is 368 g/mol. The van der Waals surface area contributed by atoms with Crippen LogP contribution in [0.2, 0.25) is 0 Å². The normalized spacial score (nSPS) is 14.5. The van der Waals surface area contributed by atoms with Crippen molar-refractivity contribution in [2.45, 2.75) is 52.4 Å². The van der Waals surface area contributed by atoms with Gasteiger partial charge in [-0.1, -0.05) is 44.5 Å². The van der Waals surface area contributed by atoms with Crippen LogP contribution in [-0.2, 0) is 14.4 Å². The molecule has 2 rings (SSSR count). The smallest absolute Gasteiger partial charge is 0.253 e. The fraction of sp³-hybridized carbons (Fsp3) is 0.455. The second-order valence-corrected chi connectivity index (χ2v) is 7.19. The summed E-state index contributed by atoms with van der Waals surface area (Å²) in [6.07, 6.45) is 5.34. The van der Waals surface area contributed by atoms with Gasteiger partial charge >= 0.3 is 0 Å². The molecule has 1 aliphatic rings. The summed E-state index contributed by atoms with van der Waals surface area (Å²) < 4.78 is 0. The maximum Gasteiger partial charge on any atom is 0.253 e. The molecule has 0 bridgehead atoms. The lowest BCUT2D eigenvalue weighted by Crippen LogP contribution is -2.30. The number of ketones is 1. The molecule has 1 aliphatic heterocycles. The molecule has 0 saturated carbocycles. The molecule has 0 aliphatic carbocycles. The number of carbonyl (C=O) groups excluding carboxylic acids is 3. The minimum atomic E-state index is -0.248. The Kier molecular flexibility index (Phi) is 7.65. The van der Waals surface area contributed by atoms with E-state index in [1.165, 1.54) is 22.6 Å². The lowest BCUT2D eigenvalue weighted by atomic mass is 10.0. The number of unbranched alkanes of at least 4 members (excludes halogenated alkanes) is 2. The van der Waals surface area contributed by atoms with E-state index in [1.54, 1.807) is 0 Å². The maximum atomic E-state index is 12.0. The van der Waals surface area contributed by atoms with E-state index in [9.17, 15) is 14.4 Å². The van der Waals surface area contributed by atoms with Gasteiger partial charge < -0.3 is 0 Å². The van der Waals surface area contributed by atoms with Crippen LogP contribution in [0, 0.1) is 0 Å². The second-order valence-electron chi connectivity index (χ2n) is 7.19. The van der Waals surface area contributed by atoms with Crippen molar-refractivity contribution < 1.29 is 14.4 Å². The summed E-state index contributed by atoms with van der Waals surface area (Å²) in [5.41, 5.74) is 3.20. The summed E-state index contributed by atoms with van der Waals surface area (Å²) in [7, 11) is 0. The van der Waals surface area contributed by atoms with Crippen molar-refractivity contribution in [1.29, 1.82) is 0 Å². The van der Waals surface area contributed by atoms with E-state index in [1.807, 2.05) is 6.92 Å². The van der Waals surface area contributed by atoms with Crippen LogP contribution < -0.4 is 0 Å². The van der Waals surface area contributed by atoms with Crippen LogP contribution in [-0.4, -0.2) is 41.3 Å². The number of nitrogens with zero attached hydrogens (tertiary/aromatic N) is 2. The molecule has 1 heterocycles. The Morgan fingerprint density at radius 1 is 1.00 bits per heavy atom. The van der Waals surface area contributed by atoms with Gasteiger partial charge in [-0.25, -0.2) is 0 Å². The number of hydrogen-bond donors (Lipinski definition) is 0. The van der Waals surface area contributed by atoms with Gasteiger partial charge in [-0.15, -0.1) is 0 Å². The van der Waals surface area contributed by atoms with E-state index < -0.39 is 0 Å². The van der Waals surface area contributed by atoms with E-state index in [0.717, 1.165) is 30.5 Å². The van der Waals surface area contributed by atoms with Gasteiger partial charge in [0.25, 0.3) is 11.8 Å². The summed E-state index contributed by atoms with van der Waals surface area (Å²) in [4.78, 5) is 40.5. The Labute approximate surface area is 161 Å². The average molecular weight is 368 g/mol. The molecule has 0 N–H and O–H groups in total. The fourth-order valence-corrected chi connectivity index (χ4v) is 2.91. The van der Waals surface area contributed by atoms with Crippen molar-refractivity contribution >= 4 is 23.3 Å². The van der Waals surface area contributed by atoms with Crippen molar-refractivity contribution in [3.8, 4) is 0 Å². The van der Waals surface area contributed by atoms with Crippen LogP contribution in [0.4, 0.5) is 0 Å². The summed E-state index contributed by atoms with van der Waals surface area (Å²) >= 11 is 0. The van der Waals surface area contributed by atoms with Crippen LogP contribution >= 0.6 is 0 Å². The Balaban J connectivity index is 1.67. The summed E-state index contributed by atoms with van der Waals surface area (Å²) in [6.45, 7) is 6.86. The van der Waals surface area contributed by atoms with E-state index in [0.29, 0.717) is 18.9 Å². The third kappa shape index (κ3) is 6.27. The third-order valence-electron chi connectivity index (χ3n) is 4.73. The first-order chi connectivity index (χ1) is 12.9. The van der Waals surface area contributed by atoms with Crippen LogP contribution in [0.3, 0.4) is 0 Å². The van der Waals surface area contributed by atoms with Crippen LogP contribution in [0.5, 0.6) is 0 Å². The summed E-state index contributed by atoms with van der Waals surface area (Å²) in [5.74, 6) is 0.114. The Bertz CT molecular complexity index is 727. The molecule has 144 valence electrons. The Morgan fingerprint density at radius 2 is 1.63 bits per heavy atom. The van der Waals surface area contributed by atoms with Gasteiger partial charge in [0, 0.05) is 30.8 Å². The Morgan fingerprint density at radius 3 is 2.22 bits per heavy atom. The molecule has 5 nitrogen and oxygen atoms in total. The molecule has 0 atom stereocenters. The first-order valence-corrected chi connectivity index (χ1v) is 9.55. The van der Waals surface area contributed by atoms with E-state index in [4.69, 9.17) is 0 Å². The first kappa shape index (κ1) is 20.7. The zero-order valence-corrected chi connectivity index (χ0v) is 16.4. The quantitative estimate of drug-likeness (QED) is 0.359. The lowest BCUT2D eigenvalue weighted by molar-refractivity contribution is -0.136. The number of rotatable bonds is 10. The lowest BCUT2D eigenvalue weighted by Gasteiger charge is -2.12. The molecule has 2 amide bonds. The number of amides is 2.